The molecule has 0 atom stereocenters. The fourth-order valence-corrected chi connectivity index (χ4v) is 1.46. The zero-order chi connectivity index (χ0) is 11.1. The van der Waals surface area contributed by atoms with Gasteiger partial charge < -0.3 is 10.6 Å². The van der Waals surface area contributed by atoms with Gasteiger partial charge in [0, 0.05) is 44.2 Å². The molecule has 0 aromatic heterocycles. The Morgan fingerprint density at radius 2 is 2.13 bits per heavy atom. The second kappa shape index (κ2) is 6.31. The molecular formula is C8H16N4O3. The van der Waals surface area contributed by atoms with Gasteiger partial charge in [-0.3, -0.25) is 19.8 Å². The first-order valence-corrected chi connectivity index (χ1v) is 5.00. The minimum absolute atomic E-state index is 0.479. The molecule has 1 rings (SSSR count). The number of hydrogen-bond acceptors (Lipinski definition) is 5. The smallest absolute Gasteiger partial charge is 0.291 e. The average Bonchev–Trinajstić information content (AvgIpc) is 2.18. The van der Waals surface area contributed by atoms with Crippen molar-refractivity contribution in [3.63, 3.8) is 0 Å². The average molecular weight is 216 g/mol. The van der Waals surface area contributed by atoms with Crippen LogP contribution in [0, 0.1) is 10.1 Å². The van der Waals surface area contributed by atoms with E-state index in [4.69, 9.17) is 0 Å². The quantitative estimate of drug-likeness (QED) is 0.422. The molecule has 2 N–H and O–H groups in total. The lowest BCUT2D eigenvalue weighted by atomic mass is 10.3. The Balaban J connectivity index is 2.04. The summed E-state index contributed by atoms with van der Waals surface area (Å²) < 4.78 is 0. The van der Waals surface area contributed by atoms with E-state index in [-0.39, 0.29) is 0 Å². The van der Waals surface area contributed by atoms with E-state index in [0.29, 0.717) is 6.54 Å². The first-order chi connectivity index (χ1) is 7.18. The largest absolute Gasteiger partial charge is 0.349 e. The van der Waals surface area contributed by atoms with E-state index in [1.165, 1.54) is 0 Å². The maximum Gasteiger partial charge on any atom is 0.291 e. The number of rotatable bonds is 5. The lowest BCUT2D eigenvalue weighted by molar-refractivity contribution is -0.467. The van der Waals surface area contributed by atoms with Crippen LogP contribution < -0.4 is 10.6 Å². The second-order valence-corrected chi connectivity index (χ2v) is 3.43. The van der Waals surface area contributed by atoms with E-state index in [2.05, 4.69) is 15.5 Å². The molecule has 0 aliphatic carbocycles. The molecule has 0 aromatic rings. The maximum atomic E-state index is 10.9. The summed E-state index contributed by atoms with van der Waals surface area (Å²) in [4.78, 5) is 22.5. The van der Waals surface area contributed by atoms with E-state index in [0.717, 1.165) is 32.7 Å². The van der Waals surface area contributed by atoms with Crippen molar-refractivity contribution < 1.29 is 9.72 Å². The maximum absolute atomic E-state index is 10.9. The number of nitro groups is 1. The van der Waals surface area contributed by atoms with E-state index < -0.39 is 17.4 Å². The molecule has 7 heteroatoms. The van der Waals surface area contributed by atoms with E-state index in [9.17, 15) is 14.9 Å². The predicted molar refractivity (Wildman–Crippen MR) is 54.2 cm³/mol. The first-order valence-electron chi connectivity index (χ1n) is 5.00. The van der Waals surface area contributed by atoms with Gasteiger partial charge in [-0.15, -0.1) is 0 Å². The number of nitrogens with zero attached hydrogens (tertiary/aromatic N) is 2. The van der Waals surface area contributed by atoms with Crippen molar-refractivity contribution in [2.75, 3.05) is 45.8 Å². The predicted octanol–water partition coefficient (Wildman–Crippen LogP) is -1.72. The van der Waals surface area contributed by atoms with E-state index in [1.54, 1.807) is 0 Å². The molecule has 1 heterocycles. The molecular weight excluding hydrogens is 200 g/mol. The molecule has 0 radical (unpaired) electrons. The highest BCUT2D eigenvalue weighted by Crippen LogP contribution is 1.89. The van der Waals surface area contributed by atoms with Crippen LogP contribution in [-0.2, 0) is 4.79 Å². The van der Waals surface area contributed by atoms with Gasteiger partial charge in [0.2, 0.25) is 0 Å². The number of nitrogens with one attached hydrogen (secondary N) is 2. The molecule has 0 bridgehead atoms. The monoisotopic (exact) mass is 216 g/mol. The molecule has 0 aromatic carbocycles. The second-order valence-electron chi connectivity index (χ2n) is 3.43. The van der Waals surface area contributed by atoms with Crippen LogP contribution in [0.4, 0.5) is 0 Å². The lowest BCUT2D eigenvalue weighted by Crippen LogP contribution is -2.46. The summed E-state index contributed by atoms with van der Waals surface area (Å²) in [6.07, 6.45) is 0. The van der Waals surface area contributed by atoms with Crippen LogP contribution in [0.25, 0.3) is 0 Å². The van der Waals surface area contributed by atoms with Crippen molar-refractivity contribution in [3.05, 3.63) is 10.1 Å². The molecule has 1 saturated heterocycles. The third-order valence-corrected chi connectivity index (χ3v) is 2.23. The van der Waals surface area contributed by atoms with Crippen LogP contribution in [-0.4, -0.2) is 61.5 Å². The first kappa shape index (κ1) is 11.9. The van der Waals surface area contributed by atoms with Gasteiger partial charge in [0.25, 0.3) is 12.5 Å². The normalized spacial score (nSPS) is 17.3. The Labute approximate surface area is 88.0 Å². The molecule has 7 nitrogen and oxygen atoms in total. The van der Waals surface area contributed by atoms with Crippen LogP contribution >= 0.6 is 0 Å². The van der Waals surface area contributed by atoms with Gasteiger partial charge in [-0.25, -0.2) is 0 Å². The summed E-state index contributed by atoms with van der Waals surface area (Å²) in [6.45, 7) is 4.45. The number of carbonyl (C=O) groups excluding carboxylic acids is 1. The number of carbonyl (C=O) groups is 1. The molecule has 0 saturated carbocycles. The van der Waals surface area contributed by atoms with Gasteiger partial charge in [-0.1, -0.05) is 0 Å². The lowest BCUT2D eigenvalue weighted by Gasteiger charge is -2.26. The Morgan fingerprint density at radius 1 is 1.47 bits per heavy atom. The van der Waals surface area contributed by atoms with Crippen molar-refractivity contribution in [1.82, 2.24) is 15.5 Å². The minimum Gasteiger partial charge on any atom is -0.349 e. The van der Waals surface area contributed by atoms with Gasteiger partial charge in [-0.2, -0.15) is 0 Å². The summed E-state index contributed by atoms with van der Waals surface area (Å²) in [5.74, 6) is -0.518. The zero-order valence-corrected chi connectivity index (χ0v) is 8.57. The molecule has 1 amide bonds. The molecule has 15 heavy (non-hydrogen) atoms. The number of amides is 1. The summed E-state index contributed by atoms with van der Waals surface area (Å²) >= 11 is 0. The van der Waals surface area contributed by atoms with Crippen molar-refractivity contribution in [1.29, 1.82) is 0 Å². The Bertz CT molecular complexity index is 228. The molecule has 0 unspecified atom stereocenters. The molecule has 86 valence electrons. The number of hydrogen-bond donors (Lipinski definition) is 2. The van der Waals surface area contributed by atoms with Gasteiger partial charge in [-0.05, 0) is 0 Å². The summed E-state index contributed by atoms with van der Waals surface area (Å²) in [6, 6.07) is 0. The molecule has 1 fully saturated rings. The van der Waals surface area contributed by atoms with Crippen LogP contribution in [0.2, 0.25) is 0 Å². The van der Waals surface area contributed by atoms with Gasteiger partial charge in [0.05, 0.1) is 0 Å². The van der Waals surface area contributed by atoms with Gasteiger partial charge >= 0.3 is 0 Å². The molecule has 1 aliphatic rings. The van der Waals surface area contributed by atoms with Crippen LogP contribution in [0.3, 0.4) is 0 Å². The highest BCUT2D eigenvalue weighted by atomic mass is 16.6. The standard InChI is InChI=1S/C8H16N4O3/c13-8(7-12(14)15)10-3-6-11-4-1-9-2-5-11/h9H,1-7H2,(H,10,13). The fraction of sp³-hybridized carbons (Fsp3) is 0.875. The molecule has 0 spiro atoms. The van der Waals surface area contributed by atoms with Crippen molar-refractivity contribution >= 4 is 5.91 Å². The summed E-state index contributed by atoms with van der Waals surface area (Å²) in [7, 11) is 0. The Hall–Kier alpha value is -1.21. The van der Waals surface area contributed by atoms with Gasteiger partial charge in [0.1, 0.15) is 0 Å². The highest BCUT2D eigenvalue weighted by molar-refractivity contribution is 5.76. The third kappa shape index (κ3) is 5.28. The number of piperazine rings is 1. The van der Waals surface area contributed by atoms with Gasteiger partial charge in [0.15, 0.2) is 0 Å². The molecule has 1 aliphatic heterocycles. The van der Waals surface area contributed by atoms with Crippen LogP contribution in [0.5, 0.6) is 0 Å². The van der Waals surface area contributed by atoms with E-state index >= 15 is 0 Å². The SMILES string of the molecule is O=C(C[N+](=O)[O-])NCCN1CCNCC1. The van der Waals surface area contributed by atoms with Crippen molar-refractivity contribution in [3.8, 4) is 0 Å². The fourth-order valence-electron chi connectivity index (χ4n) is 1.46. The zero-order valence-electron chi connectivity index (χ0n) is 8.57. The van der Waals surface area contributed by atoms with Crippen molar-refractivity contribution in [2.45, 2.75) is 0 Å². The van der Waals surface area contributed by atoms with Crippen LogP contribution in [0.1, 0.15) is 0 Å². The minimum atomic E-state index is -0.637. The van der Waals surface area contributed by atoms with Crippen molar-refractivity contribution in [2.24, 2.45) is 0 Å². The topological polar surface area (TPSA) is 87.5 Å². The highest BCUT2D eigenvalue weighted by Gasteiger charge is 2.11. The Kier molecular flexibility index (Phi) is 4.99. The summed E-state index contributed by atoms with van der Waals surface area (Å²) in [5, 5.41) is 15.7. The third-order valence-electron chi connectivity index (χ3n) is 2.23. The van der Waals surface area contributed by atoms with E-state index in [1.807, 2.05) is 0 Å². The van der Waals surface area contributed by atoms with Crippen LogP contribution in [0.15, 0.2) is 0 Å². The summed E-state index contributed by atoms with van der Waals surface area (Å²) in [5.41, 5.74) is 0. The Morgan fingerprint density at radius 3 is 2.73 bits per heavy atom.